The summed E-state index contributed by atoms with van der Waals surface area (Å²) in [6, 6.07) is 23.6. The van der Waals surface area contributed by atoms with E-state index >= 15 is 0 Å². The van der Waals surface area contributed by atoms with Crippen molar-refractivity contribution in [3.05, 3.63) is 106 Å². The Bertz CT molecular complexity index is 957. The molecule has 0 spiro atoms. The Kier molecular flexibility index (Phi) is 6.29. The first-order valence-corrected chi connectivity index (χ1v) is 10.5. The van der Waals surface area contributed by atoms with Gasteiger partial charge in [0.1, 0.15) is 5.82 Å². The molecule has 3 aromatic carbocycles. The Morgan fingerprint density at radius 3 is 2.24 bits per heavy atom. The highest BCUT2D eigenvalue weighted by atomic mass is 35.5. The van der Waals surface area contributed by atoms with Crippen molar-refractivity contribution in [3.63, 3.8) is 0 Å². The van der Waals surface area contributed by atoms with E-state index in [4.69, 9.17) is 11.6 Å². The molecule has 4 rings (SSSR count). The molecular weight excluding hydrogens is 383 g/mol. The van der Waals surface area contributed by atoms with Crippen LogP contribution in [0.5, 0.6) is 0 Å². The van der Waals surface area contributed by atoms with Gasteiger partial charge in [0.05, 0.1) is 6.17 Å². The van der Waals surface area contributed by atoms with E-state index in [1.54, 1.807) is 0 Å². The minimum absolute atomic E-state index is 0.0861. The monoisotopic (exact) mass is 408 g/mol. The average molecular weight is 409 g/mol. The average Bonchev–Trinajstić information content (AvgIpc) is 2.71. The van der Waals surface area contributed by atoms with Crippen molar-refractivity contribution in [1.29, 1.82) is 0 Å². The van der Waals surface area contributed by atoms with E-state index < -0.39 is 0 Å². The second kappa shape index (κ2) is 9.08. The fourth-order valence-electron chi connectivity index (χ4n) is 4.23. The van der Waals surface area contributed by atoms with Gasteiger partial charge in [0, 0.05) is 36.8 Å². The lowest BCUT2D eigenvalue weighted by Crippen LogP contribution is -2.47. The maximum Gasteiger partial charge on any atom is 0.123 e. The van der Waals surface area contributed by atoms with Crippen LogP contribution >= 0.6 is 11.6 Å². The van der Waals surface area contributed by atoms with Crippen LogP contribution in [0.15, 0.2) is 72.8 Å². The van der Waals surface area contributed by atoms with E-state index in [0.717, 1.165) is 48.7 Å². The summed E-state index contributed by atoms with van der Waals surface area (Å²) in [7, 11) is 0. The van der Waals surface area contributed by atoms with Gasteiger partial charge in [-0.05, 0) is 42.7 Å². The molecule has 3 aromatic rings. The highest BCUT2D eigenvalue weighted by Crippen LogP contribution is 2.35. The quantitative estimate of drug-likeness (QED) is 0.496. The van der Waals surface area contributed by atoms with Gasteiger partial charge in [0.15, 0.2) is 0 Å². The number of nitrogens with zero attached hydrogens (tertiary/aromatic N) is 2. The van der Waals surface area contributed by atoms with Crippen LogP contribution in [0.4, 0.5) is 4.39 Å². The van der Waals surface area contributed by atoms with E-state index in [1.165, 1.54) is 23.3 Å². The number of benzene rings is 3. The van der Waals surface area contributed by atoms with Crippen LogP contribution in [0, 0.1) is 12.7 Å². The van der Waals surface area contributed by atoms with Gasteiger partial charge in [-0.3, -0.25) is 9.80 Å². The predicted molar refractivity (Wildman–Crippen MR) is 117 cm³/mol. The van der Waals surface area contributed by atoms with Gasteiger partial charge in [-0.25, -0.2) is 4.39 Å². The zero-order valence-corrected chi connectivity index (χ0v) is 17.4. The van der Waals surface area contributed by atoms with Crippen LogP contribution in [-0.2, 0) is 13.1 Å². The van der Waals surface area contributed by atoms with Crippen molar-refractivity contribution >= 4 is 11.6 Å². The fraction of sp³-hybridized carbons (Fsp3) is 0.280. The third-order valence-corrected chi connectivity index (χ3v) is 5.88. The van der Waals surface area contributed by atoms with Crippen molar-refractivity contribution in [2.75, 3.05) is 13.1 Å². The van der Waals surface area contributed by atoms with Gasteiger partial charge in [-0.2, -0.15) is 0 Å². The minimum Gasteiger partial charge on any atom is -0.280 e. The summed E-state index contributed by atoms with van der Waals surface area (Å²) in [4.78, 5) is 4.96. The zero-order chi connectivity index (χ0) is 20.2. The SMILES string of the molecule is Cc1cccc(CN2CCCN(Cc3ccc(F)cc3)[C@@H]2c2ccccc2Cl)c1. The molecule has 0 N–H and O–H groups in total. The van der Waals surface area contributed by atoms with Crippen molar-refractivity contribution in [2.45, 2.75) is 32.6 Å². The molecular formula is C25H26ClFN2. The van der Waals surface area contributed by atoms with Gasteiger partial charge in [-0.1, -0.05) is 71.8 Å². The lowest BCUT2D eigenvalue weighted by molar-refractivity contribution is -0.00904. The Balaban J connectivity index is 1.66. The van der Waals surface area contributed by atoms with Gasteiger partial charge >= 0.3 is 0 Å². The molecule has 1 aliphatic rings. The van der Waals surface area contributed by atoms with Crippen molar-refractivity contribution < 1.29 is 4.39 Å². The molecule has 0 aliphatic carbocycles. The Morgan fingerprint density at radius 2 is 1.55 bits per heavy atom. The molecule has 0 radical (unpaired) electrons. The Labute approximate surface area is 177 Å². The van der Waals surface area contributed by atoms with Gasteiger partial charge in [0.25, 0.3) is 0 Å². The number of hydrogen-bond acceptors (Lipinski definition) is 2. The molecule has 2 nitrogen and oxygen atoms in total. The number of aryl methyl sites for hydroxylation is 1. The molecule has 0 unspecified atom stereocenters. The van der Waals surface area contributed by atoms with Crippen LogP contribution in [0.3, 0.4) is 0 Å². The highest BCUT2D eigenvalue weighted by molar-refractivity contribution is 6.31. The molecule has 1 atom stereocenters. The van der Waals surface area contributed by atoms with Crippen molar-refractivity contribution in [3.8, 4) is 0 Å². The molecule has 4 heteroatoms. The molecule has 1 fully saturated rings. The van der Waals surface area contributed by atoms with Crippen LogP contribution in [0.2, 0.25) is 5.02 Å². The number of rotatable bonds is 5. The molecule has 0 bridgehead atoms. The van der Waals surface area contributed by atoms with E-state index in [2.05, 4.69) is 53.1 Å². The summed E-state index contributed by atoms with van der Waals surface area (Å²) in [6.45, 7) is 5.77. The summed E-state index contributed by atoms with van der Waals surface area (Å²) < 4.78 is 13.4. The summed E-state index contributed by atoms with van der Waals surface area (Å²) in [6.07, 6.45) is 1.18. The second-order valence-electron chi connectivity index (χ2n) is 7.81. The molecule has 1 aliphatic heterocycles. The molecule has 1 heterocycles. The summed E-state index contributed by atoms with van der Waals surface area (Å²) in [5.41, 5.74) is 4.83. The summed E-state index contributed by atoms with van der Waals surface area (Å²) in [5, 5.41) is 0.790. The maximum absolute atomic E-state index is 13.4. The van der Waals surface area contributed by atoms with Crippen molar-refractivity contribution in [2.24, 2.45) is 0 Å². The number of hydrogen-bond donors (Lipinski definition) is 0. The summed E-state index contributed by atoms with van der Waals surface area (Å²) in [5.74, 6) is -0.198. The van der Waals surface area contributed by atoms with Gasteiger partial charge < -0.3 is 0 Å². The molecule has 150 valence electrons. The predicted octanol–water partition coefficient (Wildman–Crippen LogP) is 6.19. The topological polar surface area (TPSA) is 6.48 Å². The Morgan fingerprint density at radius 1 is 0.862 bits per heavy atom. The first-order valence-electron chi connectivity index (χ1n) is 10.1. The lowest BCUT2D eigenvalue weighted by Gasteiger charge is -2.44. The van der Waals surface area contributed by atoms with Crippen molar-refractivity contribution in [1.82, 2.24) is 9.80 Å². The lowest BCUT2D eigenvalue weighted by atomic mass is 10.0. The van der Waals surface area contributed by atoms with Crippen LogP contribution in [0.1, 0.15) is 34.8 Å². The molecule has 0 saturated carbocycles. The molecule has 0 amide bonds. The van der Waals surface area contributed by atoms with Crippen LogP contribution in [0.25, 0.3) is 0 Å². The van der Waals surface area contributed by atoms with E-state index in [0.29, 0.717) is 0 Å². The minimum atomic E-state index is -0.198. The first kappa shape index (κ1) is 20.1. The van der Waals surface area contributed by atoms with E-state index in [9.17, 15) is 4.39 Å². The second-order valence-corrected chi connectivity index (χ2v) is 8.21. The van der Waals surface area contributed by atoms with E-state index in [1.807, 2.05) is 24.3 Å². The van der Waals surface area contributed by atoms with Crippen LogP contribution in [-0.4, -0.2) is 22.9 Å². The standard InChI is InChI=1S/C25H26ClFN2/c1-19-6-4-7-21(16-19)18-29-15-5-14-28(17-20-10-12-22(27)13-11-20)25(29)23-8-2-3-9-24(23)26/h2-4,6-13,16,25H,5,14-15,17-18H2,1H3/t25-/m0/s1. The highest BCUT2D eigenvalue weighted by Gasteiger charge is 2.32. The number of halogens is 2. The largest absolute Gasteiger partial charge is 0.280 e. The zero-order valence-electron chi connectivity index (χ0n) is 16.7. The summed E-state index contributed by atoms with van der Waals surface area (Å²) >= 11 is 6.64. The smallest absolute Gasteiger partial charge is 0.123 e. The third-order valence-electron chi connectivity index (χ3n) is 5.53. The van der Waals surface area contributed by atoms with E-state index in [-0.39, 0.29) is 12.0 Å². The molecule has 29 heavy (non-hydrogen) atoms. The third kappa shape index (κ3) is 4.87. The van der Waals surface area contributed by atoms with Gasteiger partial charge in [-0.15, -0.1) is 0 Å². The maximum atomic E-state index is 13.4. The first-order chi connectivity index (χ1) is 14.1. The van der Waals surface area contributed by atoms with Crippen LogP contribution < -0.4 is 0 Å². The van der Waals surface area contributed by atoms with Gasteiger partial charge in [0.2, 0.25) is 0 Å². The fourth-order valence-corrected chi connectivity index (χ4v) is 4.46. The molecule has 1 saturated heterocycles. The Hall–Kier alpha value is -2.20. The molecule has 0 aromatic heterocycles. The normalized spacial score (nSPS) is 18.1.